The standard InChI is InChI=1S/C12H20N2O/c13-8-11(12(15)9-14-10-12)6-4-2-1-3-5-7-11/h14-15H,1-7,9-10H2. The fourth-order valence-corrected chi connectivity index (χ4v) is 2.89. The molecule has 0 atom stereocenters. The first kappa shape index (κ1) is 10.9. The first-order valence-corrected chi connectivity index (χ1v) is 6.07. The van der Waals surface area contributed by atoms with Crippen LogP contribution in [-0.2, 0) is 0 Å². The van der Waals surface area contributed by atoms with Crippen LogP contribution < -0.4 is 5.32 Å². The van der Waals surface area contributed by atoms with Crippen LogP contribution in [0.3, 0.4) is 0 Å². The Morgan fingerprint density at radius 2 is 1.53 bits per heavy atom. The van der Waals surface area contributed by atoms with Gasteiger partial charge in [-0.05, 0) is 12.8 Å². The molecule has 15 heavy (non-hydrogen) atoms. The van der Waals surface area contributed by atoms with Crippen molar-refractivity contribution < 1.29 is 5.11 Å². The highest BCUT2D eigenvalue weighted by Gasteiger charge is 2.53. The van der Waals surface area contributed by atoms with Gasteiger partial charge in [0.15, 0.2) is 0 Å². The number of β-amino-alcohol motifs (C(OH)–C–C–N with tert-alkyl or cyclic N) is 1. The summed E-state index contributed by atoms with van der Waals surface area (Å²) in [5.74, 6) is 0. The van der Waals surface area contributed by atoms with E-state index in [2.05, 4.69) is 11.4 Å². The Morgan fingerprint density at radius 1 is 1.00 bits per heavy atom. The maximum atomic E-state index is 10.4. The van der Waals surface area contributed by atoms with E-state index in [1.165, 1.54) is 19.3 Å². The van der Waals surface area contributed by atoms with Gasteiger partial charge in [-0.3, -0.25) is 0 Å². The Morgan fingerprint density at radius 3 is 1.93 bits per heavy atom. The van der Waals surface area contributed by atoms with E-state index in [1.54, 1.807) is 0 Å². The van der Waals surface area contributed by atoms with Crippen LogP contribution >= 0.6 is 0 Å². The number of nitriles is 1. The summed E-state index contributed by atoms with van der Waals surface area (Å²) in [5.41, 5.74) is -1.22. The molecule has 0 aromatic rings. The molecule has 0 unspecified atom stereocenters. The molecule has 2 rings (SSSR count). The maximum absolute atomic E-state index is 10.4. The van der Waals surface area contributed by atoms with E-state index < -0.39 is 11.0 Å². The largest absolute Gasteiger partial charge is 0.386 e. The number of aliphatic hydroxyl groups is 1. The fourth-order valence-electron chi connectivity index (χ4n) is 2.89. The summed E-state index contributed by atoms with van der Waals surface area (Å²) >= 11 is 0. The predicted molar refractivity (Wildman–Crippen MR) is 58.2 cm³/mol. The van der Waals surface area contributed by atoms with Gasteiger partial charge in [-0.1, -0.05) is 32.1 Å². The molecular formula is C12H20N2O. The quantitative estimate of drug-likeness (QED) is 0.688. The maximum Gasteiger partial charge on any atom is 0.108 e. The number of rotatable bonds is 1. The van der Waals surface area contributed by atoms with Crippen LogP contribution in [0.5, 0.6) is 0 Å². The van der Waals surface area contributed by atoms with Gasteiger partial charge in [0, 0.05) is 13.1 Å². The van der Waals surface area contributed by atoms with E-state index in [9.17, 15) is 10.4 Å². The molecular weight excluding hydrogens is 188 g/mol. The third kappa shape index (κ3) is 1.77. The highest BCUT2D eigenvalue weighted by atomic mass is 16.3. The van der Waals surface area contributed by atoms with Crippen molar-refractivity contribution in [3.63, 3.8) is 0 Å². The monoisotopic (exact) mass is 208 g/mol. The molecule has 1 heterocycles. The Kier molecular flexibility index (Phi) is 2.99. The van der Waals surface area contributed by atoms with Gasteiger partial charge in [-0.25, -0.2) is 0 Å². The van der Waals surface area contributed by atoms with Crippen molar-refractivity contribution in [2.24, 2.45) is 5.41 Å². The minimum absolute atomic E-state index is 0.474. The Labute approximate surface area is 91.5 Å². The molecule has 2 N–H and O–H groups in total. The van der Waals surface area contributed by atoms with Gasteiger partial charge < -0.3 is 10.4 Å². The normalized spacial score (nSPS) is 29.3. The van der Waals surface area contributed by atoms with Crippen LogP contribution in [0.15, 0.2) is 0 Å². The smallest absolute Gasteiger partial charge is 0.108 e. The van der Waals surface area contributed by atoms with E-state index in [4.69, 9.17) is 0 Å². The van der Waals surface area contributed by atoms with E-state index >= 15 is 0 Å². The van der Waals surface area contributed by atoms with Crippen molar-refractivity contribution in [3.8, 4) is 6.07 Å². The zero-order valence-electron chi connectivity index (χ0n) is 9.26. The average molecular weight is 208 g/mol. The van der Waals surface area contributed by atoms with Crippen LogP contribution in [-0.4, -0.2) is 23.8 Å². The average Bonchev–Trinajstić information content (AvgIpc) is 2.15. The van der Waals surface area contributed by atoms with Gasteiger partial charge in [-0.2, -0.15) is 5.26 Å². The minimum Gasteiger partial charge on any atom is -0.386 e. The van der Waals surface area contributed by atoms with E-state index in [-0.39, 0.29) is 0 Å². The number of nitrogens with one attached hydrogen (secondary N) is 1. The van der Waals surface area contributed by atoms with Crippen LogP contribution in [0.1, 0.15) is 44.9 Å². The minimum atomic E-state index is -0.751. The van der Waals surface area contributed by atoms with Crippen molar-refractivity contribution in [2.45, 2.75) is 50.5 Å². The molecule has 1 saturated carbocycles. The van der Waals surface area contributed by atoms with Crippen LogP contribution in [0.2, 0.25) is 0 Å². The molecule has 3 heteroatoms. The number of hydrogen-bond acceptors (Lipinski definition) is 3. The Bertz CT molecular complexity index is 257. The molecule has 0 bridgehead atoms. The molecule has 0 aromatic heterocycles. The number of nitrogens with zero attached hydrogens (tertiary/aromatic N) is 1. The third-order valence-corrected chi connectivity index (χ3v) is 4.15. The summed E-state index contributed by atoms with van der Waals surface area (Å²) in [6.45, 7) is 1.20. The summed E-state index contributed by atoms with van der Waals surface area (Å²) in [7, 11) is 0. The molecule has 0 radical (unpaired) electrons. The summed E-state index contributed by atoms with van der Waals surface area (Å²) in [5, 5.41) is 22.9. The van der Waals surface area contributed by atoms with Gasteiger partial charge in [0.25, 0.3) is 0 Å². The van der Waals surface area contributed by atoms with Gasteiger partial charge in [-0.15, -0.1) is 0 Å². The second kappa shape index (κ2) is 4.11. The lowest BCUT2D eigenvalue weighted by Gasteiger charge is -2.49. The van der Waals surface area contributed by atoms with E-state index in [1.807, 2.05) is 0 Å². The van der Waals surface area contributed by atoms with Crippen molar-refractivity contribution in [3.05, 3.63) is 0 Å². The first-order valence-electron chi connectivity index (χ1n) is 6.07. The topological polar surface area (TPSA) is 56.0 Å². The van der Waals surface area contributed by atoms with Crippen molar-refractivity contribution in [1.29, 1.82) is 5.26 Å². The molecule has 2 aliphatic rings. The Hall–Kier alpha value is -0.590. The second-order valence-electron chi connectivity index (χ2n) is 5.10. The van der Waals surface area contributed by atoms with Gasteiger partial charge in [0.05, 0.1) is 11.5 Å². The van der Waals surface area contributed by atoms with Crippen molar-refractivity contribution in [2.75, 3.05) is 13.1 Å². The molecule has 0 spiro atoms. The van der Waals surface area contributed by atoms with Crippen LogP contribution in [0, 0.1) is 16.7 Å². The molecule has 0 aromatic carbocycles. The molecule has 2 fully saturated rings. The van der Waals surface area contributed by atoms with Gasteiger partial charge in [0.2, 0.25) is 0 Å². The lowest BCUT2D eigenvalue weighted by molar-refractivity contribution is -0.104. The van der Waals surface area contributed by atoms with Crippen LogP contribution in [0.4, 0.5) is 0 Å². The Balaban J connectivity index is 2.14. The molecule has 1 saturated heterocycles. The summed E-state index contributed by atoms with van der Waals surface area (Å²) < 4.78 is 0. The molecule has 0 amide bonds. The number of hydrogen-bond donors (Lipinski definition) is 2. The summed E-state index contributed by atoms with van der Waals surface area (Å²) in [6.07, 6.45) is 7.66. The molecule has 3 nitrogen and oxygen atoms in total. The zero-order valence-corrected chi connectivity index (χ0v) is 9.26. The lowest BCUT2D eigenvalue weighted by Crippen LogP contribution is -2.68. The molecule has 1 aliphatic heterocycles. The van der Waals surface area contributed by atoms with Crippen molar-refractivity contribution in [1.82, 2.24) is 5.32 Å². The van der Waals surface area contributed by atoms with Crippen LogP contribution in [0.25, 0.3) is 0 Å². The van der Waals surface area contributed by atoms with E-state index in [0.29, 0.717) is 13.1 Å². The van der Waals surface area contributed by atoms with Gasteiger partial charge in [0.1, 0.15) is 5.60 Å². The van der Waals surface area contributed by atoms with Crippen molar-refractivity contribution >= 4 is 0 Å². The zero-order chi connectivity index (χ0) is 10.8. The molecule has 84 valence electrons. The second-order valence-corrected chi connectivity index (χ2v) is 5.10. The third-order valence-electron chi connectivity index (χ3n) is 4.15. The fraction of sp³-hybridized carbons (Fsp3) is 0.917. The lowest BCUT2D eigenvalue weighted by atomic mass is 9.63. The molecule has 1 aliphatic carbocycles. The summed E-state index contributed by atoms with van der Waals surface area (Å²) in [6, 6.07) is 2.44. The highest BCUT2D eigenvalue weighted by Crippen LogP contribution is 2.44. The van der Waals surface area contributed by atoms with E-state index in [0.717, 1.165) is 25.7 Å². The predicted octanol–water partition coefficient (Wildman–Crippen LogP) is 1.57. The first-order chi connectivity index (χ1) is 7.22. The SMILES string of the molecule is N#CC1(C2(O)CNC2)CCCCCCC1. The highest BCUT2D eigenvalue weighted by molar-refractivity contribution is 5.16. The van der Waals surface area contributed by atoms with Gasteiger partial charge >= 0.3 is 0 Å². The summed E-state index contributed by atoms with van der Waals surface area (Å²) in [4.78, 5) is 0.